The Morgan fingerprint density at radius 2 is 1.71 bits per heavy atom. The monoisotopic (exact) mass is 537 g/mol. The lowest BCUT2D eigenvalue weighted by Crippen LogP contribution is -2.58. The molecular weight excluding hydrogens is 514 g/mol. The molecule has 2 aromatic rings. The van der Waals surface area contributed by atoms with Crippen LogP contribution in [0, 0.1) is 16.0 Å². The molecule has 2 aromatic carbocycles. The quantitative estimate of drug-likeness (QED) is 0.164. The number of rotatable bonds is 8. The van der Waals surface area contributed by atoms with Crippen LogP contribution in [-0.2, 0) is 31.7 Å². The molecule has 3 heterocycles. The van der Waals surface area contributed by atoms with E-state index in [1.54, 1.807) is 12.1 Å². The van der Waals surface area contributed by atoms with Crippen molar-refractivity contribution in [1.82, 2.24) is 9.80 Å². The van der Waals surface area contributed by atoms with Crippen LogP contribution in [0.15, 0.2) is 59.1 Å². The number of ether oxygens (including phenoxy) is 1. The van der Waals surface area contributed by atoms with Gasteiger partial charge in [-0.25, -0.2) is 4.79 Å². The van der Waals surface area contributed by atoms with Gasteiger partial charge in [-0.1, -0.05) is 19.1 Å². The maximum absolute atomic E-state index is 13.8. The Bertz CT molecular complexity index is 1420. The van der Waals surface area contributed by atoms with Crippen LogP contribution in [0.4, 0.5) is 5.69 Å². The average Bonchev–Trinajstić information content (AvgIpc) is 3.39. The van der Waals surface area contributed by atoms with E-state index in [9.17, 15) is 33.5 Å². The van der Waals surface area contributed by atoms with Gasteiger partial charge in [0.1, 0.15) is 17.7 Å². The minimum Gasteiger partial charge on any atom is -0.456 e. The molecule has 3 amide bonds. The number of esters is 1. The van der Waals surface area contributed by atoms with E-state index in [4.69, 9.17) is 4.74 Å². The molecule has 4 unspecified atom stereocenters. The van der Waals surface area contributed by atoms with Crippen LogP contribution in [0.5, 0.6) is 0 Å². The van der Waals surface area contributed by atoms with Crippen molar-refractivity contribution in [2.24, 2.45) is 5.92 Å². The number of fused-ring (bicyclic) bond motifs is 2. The molecule has 0 spiro atoms. The highest BCUT2D eigenvalue weighted by Crippen LogP contribution is 2.46. The van der Waals surface area contributed by atoms with Crippen LogP contribution < -0.4 is 0 Å². The Kier molecular flexibility index (Phi) is 6.43. The zero-order valence-corrected chi connectivity index (χ0v) is 21.3. The van der Waals surface area contributed by atoms with E-state index in [0.717, 1.165) is 4.90 Å². The third-order valence-electron chi connectivity index (χ3n) is 7.14. The van der Waals surface area contributed by atoms with Crippen LogP contribution in [0.25, 0.3) is 0 Å². The molecule has 11 nitrogen and oxygen atoms in total. The summed E-state index contributed by atoms with van der Waals surface area (Å²) in [5.74, 6) is -2.63. The first-order chi connectivity index (χ1) is 18.1. The minimum absolute atomic E-state index is 0.113. The Hall–Kier alpha value is -4.19. The van der Waals surface area contributed by atoms with E-state index >= 15 is 0 Å². The van der Waals surface area contributed by atoms with E-state index in [2.05, 4.69) is 0 Å². The van der Waals surface area contributed by atoms with Crippen molar-refractivity contribution in [3.05, 3.63) is 85.9 Å². The van der Waals surface area contributed by atoms with Gasteiger partial charge in [0.05, 0.1) is 43.7 Å². The third-order valence-corrected chi connectivity index (χ3v) is 8.82. The predicted octanol–water partition coefficient (Wildman–Crippen LogP) is 2.88. The largest absolute Gasteiger partial charge is 0.456 e. The molecule has 0 aromatic heterocycles. The first-order valence-corrected chi connectivity index (χ1v) is 13.2. The number of nitrogens with zero attached hydrogens (tertiary/aromatic N) is 3. The number of nitro benzene ring substituents is 1. The predicted molar refractivity (Wildman–Crippen MR) is 133 cm³/mol. The van der Waals surface area contributed by atoms with Crippen LogP contribution in [0.3, 0.4) is 0 Å². The summed E-state index contributed by atoms with van der Waals surface area (Å²) in [5, 5.41) is 9.77. The lowest BCUT2D eigenvalue weighted by Gasteiger charge is -2.43. The third kappa shape index (κ3) is 3.92. The smallest absolute Gasteiger partial charge is 0.356 e. The molecule has 196 valence electrons. The van der Waals surface area contributed by atoms with Gasteiger partial charge >= 0.3 is 5.97 Å². The van der Waals surface area contributed by atoms with Gasteiger partial charge in [0.2, 0.25) is 5.91 Å². The summed E-state index contributed by atoms with van der Waals surface area (Å²) in [5.41, 5.74) is 0.679. The molecule has 0 radical (unpaired) electrons. The first kappa shape index (κ1) is 25.5. The number of hydrogen-bond acceptors (Lipinski definition) is 8. The molecule has 4 atom stereocenters. The van der Waals surface area contributed by atoms with E-state index in [1.165, 1.54) is 48.2 Å². The topological polar surface area (TPSA) is 144 Å². The second-order valence-electron chi connectivity index (χ2n) is 9.19. The molecule has 0 bridgehead atoms. The van der Waals surface area contributed by atoms with Gasteiger partial charge in [-0.15, -0.1) is 0 Å². The first-order valence-electron chi connectivity index (χ1n) is 12.0. The number of non-ortho nitro benzene ring substituents is 1. The van der Waals surface area contributed by atoms with Gasteiger partial charge in [0.25, 0.3) is 17.5 Å². The number of benzene rings is 2. The second kappa shape index (κ2) is 9.60. The van der Waals surface area contributed by atoms with Gasteiger partial charge < -0.3 is 9.64 Å². The van der Waals surface area contributed by atoms with Crippen molar-refractivity contribution < 1.29 is 33.0 Å². The van der Waals surface area contributed by atoms with Gasteiger partial charge in [0, 0.05) is 18.6 Å². The normalized spacial score (nSPS) is 21.7. The number of carbonyl (C=O) groups excluding carboxylic acids is 4. The standard InChI is InChI=1S/C26H23N3O8S/c1-3-17-20-12-21(38(36)14(2)27-24(31)18-6-4-5-7-19(18)25(27)32)22(28(20)23(17)30)26(33)37-13-15-8-10-16(11-9-15)29(34)35/h4-11,14,17,20H,3,12-13H2,1-2H3. The number of β-lactam (4-membered cyclic amide) rings is 1. The fourth-order valence-electron chi connectivity index (χ4n) is 5.14. The number of carbonyl (C=O) groups is 4. The summed E-state index contributed by atoms with van der Waals surface area (Å²) < 4.78 is 19.2. The van der Waals surface area contributed by atoms with Crippen molar-refractivity contribution in [2.75, 3.05) is 0 Å². The van der Waals surface area contributed by atoms with E-state index < -0.39 is 38.9 Å². The van der Waals surface area contributed by atoms with E-state index in [0.29, 0.717) is 12.0 Å². The molecule has 5 rings (SSSR count). The minimum atomic E-state index is -2.01. The van der Waals surface area contributed by atoms with Crippen molar-refractivity contribution in [2.45, 2.75) is 44.7 Å². The molecule has 12 heteroatoms. The number of hydrogen-bond donors (Lipinski definition) is 0. The van der Waals surface area contributed by atoms with E-state index in [1.807, 2.05) is 6.92 Å². The fraction of sp³-hybridized carbons (Fsp3) is 0.308. The van der Waals surface area contributed by atoms with Crippen LogP contribution in [0.1, 0.15) is 53.0 Å². The zero-order valence-electron chi connectivity index (χ0n) is 20.5. The van der Waals surface area contributed by atoms with Gasteiger partial charge in [0.15, 0.2) is 0 Å². The van der Waals surface area contributed by atoms with Gasteiger partial charge in [-0.05, 0) is 43.2 Å². The Labute approximate surface area is 219 Å². The number of amides is 3. The van der Waals surface area contributed by atoms with Crippen molar-refractivity contribution in [3.8, 4) is 0 Å². The Balaban J connectivity index is 1.41. The molecule has 3 aliphatic heterocycles. The van der Waals surface area contributed by atoms with E-state index in [-0.39, 0.29) is 58.3 Å². The van der Waals surface area contributed by atoms with Crippen LogP contribution in [0.2, 0.25) is 0 Å². The second-order valence-corrected chi connectivity index (χ2v) is 11.0. The molecule has 0 aliphatic carbocycles. The summed E-state index contributed by atoms with van der Waals surface area (Å²) in [6.45, 7) is 3.10. The molecular formula is C26H23N3O8S. The van der Waals surface area contributed by atoms with Crippen LogP contribution >= 0.6 is 0 Å². The van der Waals surface area contributed by atoms with Crippen LogP contribution in [-0.4, -0.2) is 54.0 Å². The summed E-state index contributed by atoms with van der Waals surface area (Å²) >= 11 is 0. The summed E-state index contributed by atoms with van der Waals surface area (Å²) in [6.07, 6.45) is 0.700. The lowest BCUT2D eigenvalue weighted by molar-refractivity contribution is -0.384. The Morgan fingerprint density at radius 1 is 1.11 bits per heavy atom. The summed E-state index contributed by atoms with van der Waals surface area (Å²) in [7, 11) is -2.01. The zero-order chi connectivity index (χ0) is 27.3. The van der Waals surface area contributed by atoms with Gasteiger partial charge in [-0.2, -0.15) is 0 Å². The Morgan fingerprint density at radius 3 is 2.26 bits per heavy atom. The highest BCUT2D eigenvalue weighted by atomic mass is 32.2. The molecule has 0 N–H and O–H groups in total. The number of imide groups is 1. The lowest BCUT2D eigenvalue weighted by atomic mass is 9.85. The molecule has 1 saturated heterocycles. The van der Waals surface area contributed by atoms with Crippen molar-refractivity contribution in [3.63, 3.8) is 0 Å². The number of nitro groups is 1. The highest BCUT2D eigenvalue weighted by Gasteiger charge is 2.56. The summed E-state index contributed by atoms with van der Waals surface area (Å²) in [4.78, 5) is 64.7. The molecule has 3 aliphatic rings. The average molecular weight is 538 g/mol. The fourth-order valence-corrected chi connectivity index (χ4v) is 6.64. The molecule has 38 heavy (non-hydrogen) atoms. The summed E-state index contributed by atoms with van der Waals surface area (Å²) in [6, 6.07) is 11.4. The van der Waals surface area contributed by atoms with Gasteiger partial charge in [-0.3, -0.25) is 33.6 Å². The van der Waals surface area contributed by atoms with Crippen molar-refractivity contribution in [1.29, 1.82) is 0 Å². The molecule has 1 fully saturated rings. The highest BCUT2D eigenvalue weighted by molar-refractivity contribution is 7.89. The maximum Gasteiger partial charge on any atom is 0.356 e. The molecule has 0 saturated carbocycles. The maximum atomic E-state index is 13.8. The SMILES string of the molecule is CCC1C(=O)N2C(C(=O)OCc3ccc([N+](=O)[O-])cc3)=C(S(=O)C(C)N3C(=O)c4ccccc4C3=O)CC12. The van der Waals surface area contributed by atoms with Crippen molar-refractivity contribution >= 4 is 40.2 Å².